The maximum absolute atomic E-state index is 12.5. The Hall–Kier alpha value is -3.23. The first-order valence-electron chi connectivity index (χ1n) is 8.78. The molecule has 1 rings (SSSR count). The number of carbonyl (C=O) groups excluding carboxylic acids is 4. The normalized spacial score (nSPS) is 12.2. The molecule has 152 valence electrons. The monoisotopic (exact) mass is 390 g/mol. The van der Waals surface area contributed by atoms with Gasteiger partial charge >= 0.3 is 0 Å². The molecule has 2 atom stereocenters. The molecule has 3 amide bonds. The van der Waals surface area contributed by atoms with Crippen molar-refractivity contribution >= 4 is 29.7 Å². The molecule has 0 fully saturated rings. The van der Waals surface area contributed by atoms with Crippen molar-refractivity contribution in [3.8, 4) is 5.75 Å². The maximum Gasteiger partial charge on any atom is 0.242 e. The van der Waals surface area contributed by atoms with Crippen LogP contribution in [-0.2, 0) is 25.7 Å². The van der Waals surface area contributed by atoms with Gasteiger partial charge in [-0.15, -0.1) is 0 Å². The maximum atomic E-state index is 12.5. The van der Waals surface area contributed by atoms with Gasteiger partial charge in [-0.3, -0.25) is 19.2 Å². The molecule has 0 saturated heterocycles. The molecule has 1 aromatic rings. The minimum Gasteiger partial charge on any atom is -0.497 e. The second-order valence-electron chi connectivity index (χ2n) is 6.20. The Balaban J connectivity index is 2.73. The molecule has 0 aliphatic heterocycles. The van der Waals surface area contributed by atoms with Crippen molar-refractivity contribution in [2.45, 2.75) is 45.3 Å². The van der Waals surface area contributed by atoms with Gasteiger partial charge < -0.3 is 26.1 Å². The number of carbonyl (C=O) groups is 4. The zero-order chi connectivity index (χ0) is 21.1. The lowest BCUT2D eigenvalue weighted by molar-refractivity contribution is -0.131. The molecule has 0 saturated carbocycles. The van der Waals surface area contributed by atoms with Crippen molar-refractivity contribution in [3.05, 3.63) is 29.8 Å². The summed E-state index contributed by atoms with van der Waals surface area (Å²) in [5, 5.41) is 14.6. The summed E-state index contributed by atoms with van der Waals surface area (Å²) in [5.41, 5.74) is 0.835. The topological polar surface area (TPSA) is 137 Å². The second-order valence-corrected chi connectivity index (χ2v) is 6.20. The molecule has 0 aliphatic carbocycles. The largest absolute Gasteiger partial charge is 0.497 e. The average molecular weight is 390 g/mol. The van der Waals surface area contributed by atoms with E-state index in [0.29, 0.717) is 12.0 Å². The highest BCUT2D eigenvalue weighted by Gasteiger charge is 2.24. The Bertz CT molecular complexity index is 718. The van der Waals surface area contributed by atoms with Gasteiger partial charge in [-0.1, -0.05) is 12.1 Å². The third-order valence-corrected chi connectivity index (χ3v) is 3.91. The highest BCUT2D eigenvalue weighted by Crippen LogP contribution is 2.11. The summed E-state index contributed by atoms with van der Waals surface area (Å²) in [7, 11) is 1.56. The number of rotatable bonds is 11. The fourth-order valence-electron chi connectivity index (χ4n) is 2.35. The molecule has 1 aromatic carbocycles. The first-order chi connectivity index (χ1) is 13.3. The average Bonchev–Trinajstić information content (AvgIpc) is 2.68. The molecule has 4 N–H and O–H groups in total. The predicted molar refractivity (Wildman–Crippen MR) is 103 cm³/mol. The second kappa shape index (κ2) is 11.5. The van der Waals surface area contributed by atoms with Crippen LogP contribution in [0.2, 0.25) is 0 Å². The van der Waals surface area contributed by atoms with Gasteiger partial charge in [0.25, 0.3) is 0 Å². The fraction of sp³-hybridized carbons (Fsp3) is 0.421. The van der Waals surface area contributed by atoms with Crippen LogP contribution < -0.4 is 20.7 Å². The van der Waals surface area contributed by atoms with E-state index in [2.05, 4.69) is 16.0 Å². The Morgan fingerprint density at radius 3 is 2.29 bits per heavy atom. The van der Waals surface area contributed by atoms with Crippen LogP contribution in [0.5, 0.6) is 5.75 Å². The van der Waals surface area contributed by atoms with Gasteiger partial charge in [0.05, 0.1) is 13.3 Å². The Morgan fingerprint density at radius 2 is 1.75 bits per heavy atom. The lowest BCUT2D eigenvalue weighted by Gasteiger charge is -2.21. The van der Waals surface area contributed by atoms with Crippen molar-refractivity contribution < 1.29 is 23.9 Å². The first-order valence-corrected chi connectivity index (χ1v) is 8.78. The molecule has 0 radical (unpaired) electrons. The number of Topliss-reactive ketones (excluding diaryl/α,β-unsaturated/α-hetero) is 1. The summed E-state index contributed by atoms with van der Waals surface area (Å²) >= 11 is 0. The molecule has 9 heteroatoms. The van der Waals surface area contributed by atoms with E-state index < -0.39 is 29.7 Å². The number of methoxy groups -OCH3 is 1. The third-order valence-electron chi connectivity index (χ3n) is 3.91. The van der Waals surface area contributed by atoms with Crippen molar-refractivity contribution in [2.24, 2.45) is 0 Å². The first kappa shape index (κ1) is 22.8. The van der Waals surface area contributed by atoms with Gasteiger partial charge in [0.2, 0.25) is 17.7 Å². The number of ketones is 1. The van der Waals surface area contributed by atoms with Crippen molar-refractivity contribution in [1.82, 2.24) is 16.0 Å². The van der Waals surface area contributed by atoms with Crippen molar-refractivity contribution in [3.63, 3.8) is 0 Å². The van der Waals surface area contributed by atoms with Gasteiger partial charge in [0.15, 0.2) is 5.78 Å². The number of hydrogen-bond donors (Lipinski definition) is 4. The van der Waals surface area contributed by atoms with Crippen LogP contribution >= 0.6 is 0 Å². The summed E-state index contributed by atoms with van der Waals surface area (Å²) in [6, 6.07) is 5.32. The van der Waals surface area contributed by atoms with Crippen LogP contribution in [0.3, 0.4) is 0 Å². The molecule has 0 unspecified atom stereocenters. The molecule has 9 nitrogen and oxygen atoms in total. The van der Waals surface area contributed by atoms with Crippen molar-refractivity contribution in [2.75, 3.05) is 7.11 Å². The highest BCUT2D eigenvalue weighted by atomic mass is 16.5. The van der Waals surface area contributed by atoms with E-state index in [0.717, 1.165) is 5.56 Å². The van der Waals surface area contributed by atoms with E-state index in [-0.39, 0.29) is 25.3 Å². The molecule has 0 aliphatic rings. The number of benzene rings is 1. The Morgan fingerprint density at radius 1 is 1.11 bits per heavy atom. The fourth-order valence-corrected chi connectivity index (χ4v) is 2.35. The Kier molecular flexibility index (Phi) is 9.35. The van der Waals surface area contributed by atoms with Gasteiger partial charge in [-0.2, -0.15) is 0 Å². The molecule has 0 heterocycles. The van der Waals surface area contributed by atoms with Crippen LogP contribution in [0, 0.1) is 5.41 Å². The number of nitrogens with one attached hydrogen (secondary N) is 4. The summed E-state index contributed by atoms with van der Waals surface area (Å²) in [4.78, 5) is 47.2. The molecule has 0 bridgehead atoms. The smallest absolute Gasteiger partial charge is 0.242 e. The van der Waals surface area contributed by atoms with E-state index in [4.69, 9.17) is 10.1 Å². The SMILES string of the molecule is COc1ccc(CNC(=O)[C@H](CCC(=O)C=N)NC(=O)[C@H](C)NC(C)=O)cc1. The minimum atomic E-state index is -0.967. The van der Waals surface area contributed by atoms with Crippen LogP contribution in [0.25, 0.3) is 0 Å². The highest BCUT2D eigenvalue weighted by molar-refractivity contribution is 6.26. The van der Waals surface area contributed by atoms with Gasteiger partial charge in [0.1, 0.15) is 17.8 Å². The van der Waals surface area contributed by atoms with Crippen molar-refractivity contribution in [1.29, 1.82) is 5.41 Å². The van der Waals surface area contributed by atoms with Gasteiger partial charge in [-0.05, 0) is 31.0 Å². The number of ether oxygens (including phenoxy) is 1. The minimum absolute atomic E-state index is 0.0428. The summed E-state index contributed by atoms with van der Waals surface area (Å²) in [5.74, 6) is -1.13. The van der Waals surface area contributed by atoms with Crippen LogP contribution in [0.1, 0.15) is 32.3 Å². The third kappa shape index (κ3) is 7.98. The van der Waals surface area contributed by atoms with Crippen LogP contribution in [0.15, 0.2) is 24.3 Å². The van der Waals surface area contributed by atoms with Gasteiger partial charge in [0, 0.05) is 19.9 Å². The molecule has 0 aromatic heterocycles. The predicted octanol–water partition coefficient (Wildman–Crippen LogP) is 0.320. The lowest BCUT2D eigenvalue weighted by Crippen LogP contribution is -2.52. The van der Waals surface area contributed by atoms with E-state index in [1.165, 1.54) is 13.8 Å². The van der Waals surface area contributed by atoms with E-state index in [1.807, 2.05) is 0 Å². The zero-order valence-electron chi connectivity index (χ0n) is 16.2. The molecule has 0 spiro atoms. The van der Waals surface area contributed by atoms with Crippen LogP contribution in [0.4, 0.5) is 0 Å². The summed E-state index contributed by atoms with van der Waals surface area (Å²) in [6.45, 7) is 3.01. The Labute approximate surface area is 163 Å². The standard InChI is InChI=1S/C19H26N4O5/c1-12(22-13(2)24)18(26)23-17(9-6-15(25)10-20)19(27)21-11-14-4-7-16(28-3)8-5-14/h4-5,7-8,10,12,17,20H,6,9,11H2,1-3H3,(H,21,27)(H,22,24)(H,23,26)/t12-,17-/m0/s1. The van der Waals surface area contributed by atoms with E-state index in [9.17, 15) is 19.2 Å². The molecular formula is C19H26N4O5. The van der Waals surface area contributed by atoms with E-state index >= 15 is 0 Å². The summed E-state index contributed by atoms with van der Waals surface area (Å²) < 4.78 is 5.08. The molecular weight excluding hydrogens is 364 g/mol. The number of hydrogen-bond acceptors (Lipinski definition) is 6. The summed E-state index contributed by atoms with van der Waals surface area (Å²) in [6.07, 6.45) is 0.661. The van der Waals surface area contributed by atoms with Crippen LogP contribution in [-0.4, -0.2) is 48.9 Å². The van der Waals surface area contributed by atoms with E-state index in [1.54, 1.807) is 31.4 Å². The zero-order valence-corrected chi connectivity index (χ0v) is 16.2. The van der Waals surface area contributed by atoms with Gasteiger partial charge in [-0.25, -0.2) is 0 Å². The molecule has 28 heavy (non-hydrogen) atoms. The quantitative estimate of drug-likeness (QED) is 0.403. The lowest BCUT2D eigenvalue weighted by atomic mass is 10.1. The number of amides is 3.